The van der Waals surface area contributed by atoms with E-state index in [9.17, 15) is 0 Å². The number of hydrogen-bond donors (Lipinski definition) is 0. The number of rotatable bonds is 20. The van der Waals surface area contributed by atoms with Crippen molar-refractivity contribution in [1.82, 2.24) is 0 Å². The Morgan fingerprint density at radius 1 is 0.633 bits per heavy atom. The summed E-state index contributed by atoms with van der Waals surface area (Å²) < 4.78 is 17.4. The quantitative estimate of drug-likeness (QED) is 0.116. The highest BCUT2D eigenvalue weighted by Gasteiger charge is 2.14. The molecule has 170 valence electrons. The molecule has 0 unspecified atom stereocenters. The third-order valence-electron chi connectivity index (χ3n) is 4.86. The highest BCUT2D eigenvalue weighted by atomic mass is 31.2. The Morgan fingerprint density at radius 2 is 1.10 bits per heavy atom. The molecule has 1 rings (SSSR count). The zero-order valence-corrected chi connectivity index (χ0v) is 20.2. The van der Waals surface area contributed by atoms with E-state index in [1.165, 1.54) is 77.0 Å². The molecule has 0 saturated carbocycles. The second-order valence-electron chi connectivity index (χ2n) is 7.70. The van der Waals surface area contributed by atoms with Gasteiger partial charge in [0.1, 0.15) is 5.75 Å². The number of hydrogen-bond acceptors (Lipinski definition) is 3. The van der Waals surface area contributed by atoms with Crippen molar-refractivity contribution >= 4 is 8.60 Å². The van der Waals surface area contributed by atoms with Crippen molar-refractivity contribution in [3.05, 3.63) is 55.0 Å². The molecular weight excluding hydrogens is 391 g/mol. The van der Waals surface area contributed by atoms with E-state index in [1.807, 2.05) is 30.3 Å². The van der Waals surface area contributed by atoms with E-state index in [1.54, 1.807) is 12.5 Å². The van der Waals surface area contributed by atoms with Gasteiger partial charge in [0, 0.05) is 0 Å². The molecule has 3 nitrogen and oxygen atoms in total. The van der Waals surface area contributed by atoms with Crippen molar-refractivity contribution in [1.29, 1.82) is 0 Å². The van der Waals surface area contributed by atoms with Crippen LogP contribution in [0.3, 0.4) is 0 Å². The van der Waals surface area contributed by atoms with E-state index in [2.05, 4.69) is 26.0 Å². The lowest BCUT2D eigenvalue weighted by Gasteiger charge is -2.13. The molecule has 0 aliphatic rings. The van der Waals surface area contributed by atoms with Crippen LogP contribution in [0.25, 0.3) is 0 Å². The van der Waals surface area contributed by atoms with Gasteiger partial charge >= 0.3 is 8.60 Å². The maximum atomic E-state index is 5.88. The van der Waals surface area contributed by atoms with Gasteiger partial charge in [-0.1, -0.05) is 96.3 Å². The topological polar surface area (TPSA) is 27.7 Å². The first-order valence-electron chi connectivity index (χ1n) is 12.0. The van der Waals surface area contributed by atoms with Gasteiger partial charge in [-0.2, -0.15) is 0 Å². The van der Waals surface area contributed by atoms with Gasteiger partial charge in [-0.25, -0.2) is 0 Å². The summed E-state index contributed by atoms with van der Waals surface area (Å²) in [5.41, 5.74) is 0. The van der Waals surface area contributed by atoms with Gasteiger partial charge in [0.25, 0.3) is 0 Å². The predicted molar refractivity (Wildman–Crippen MR) is 130 cm³/mol. The van der Waals surface area contributed by atoms with Crippen molar-refractivity contribution in [3.8, 4) is 5.75 Å². The van der Waals surface area contributed by atoms with Gasteiger partial charge in [-0.15, -0.1) is 0 Å². The molecule has 1 aromatic carbocycles. The minimum atomic E-state index is -1.48. The van der Waals surface area contributed by atoms with Crippen molar-refractivity contribution < 1.29 is 13.6 Å². The highest BCUT2D eigenvalue weighted by molar-refractivity contribution is 7.42. The highest BCUT2D eigenvalue weighted by Crippen LogP contribution is 2.41. The van der Waals surface area contributed by atoms with Crippen LogP contribution in [-0.4, -0.2) is 0 Å². The molecule has 0 aliphatic heterocycles. The molecule has 0 radical (unpaired) electrons. The summed E-state index contributed by atoms with van der Waals surface area (Å²) in [5.74, 6) is 0.761. The molecule has 0 bridgehead atoms. The van der Waals surface area contributed by atoms with Crippen LogP contribution in [0, 0.1) is 0 Å². The number of unbranched alkanes of at least 4 members (excludes halogenated alkanes) is 12. The Labute approximate surface area is 186 Å². The van der Waals surface area contributed by atoms with Crippen molar-refractivity contribution in [2.45, 2.75) is 104 Å². The van der Waals surface area contributed by atoms with Crippen molar-refractivity contribution in [2.24, 2.45) is 0 Å². The van der Waals surface area contributed by atoms with Crippen LogP contribution in [0.1, 0.15) is 104 Å². The van der Waals surface area contributed by atoms with Crippen LogP contribution in [0.4, 0.5) is 0 Å². The largest absolute Gasteiger partial charge is 0.529 e. The van der Waals surface area contributed by atoms with Crippen LogP contribution in [0.5, 0.6) is 5.75 Å². The fraction of sp³-hybridized carbons (Fsp3) is 0.615. The van der Waals surface area contributed by atoms with Crippen LogP contribution < -0.4 is 4.52 Å². The summed E-state index contributed by atoms with van der Waals surface area (Å²) in [6.45, 7) is 4.50. The molecule has 0 heterocycles. The van der Waals surface area contributed by atoms with Crippen LogP contribution >= 0.6 is 8.60 Å². The molecule has 0 atom stereocenters. The van der Waals surface area contributed by atoms with E-state index in [-0.39, 0.29) is 0 Å². The lowest BCUT2D eigenvalue weighted by atomic mass is 10.1. The van der Waals surface area contributed by atoms with Gasteiger partial charge < -0.3 is 13.6 Å². The van der Waals surface area contributed by atoms with Gasteiger partial charge in [0.2, 0.25) is 0 Å². The van der Waals surface area contributed by atoms with E-state index in [4.69, 9.17) is 13.6 Å². The summed E-state index contributed by atoms with van der Waals surface area (Å²) in [5, 5.41) is 0. The lowest BCUT2D eigenvalue weighted by Crippen LogP contribution is -1.91. The number of allylic oxidation sites excluding steroid dienone is 2. The van der Waals surface area contributed by atoms with Crippen LogP contribution in [0.2, 0.25) is 0 Å². The second-order valence-corrected chi connectivity index (χ2v) is 8.75. The van der Waals surface area contributed by atoms with Crippen LogP contribution in [0.15, 0.2) is 55.0 Å². The van der Waals surface area contributed by atoms with Gasteiger partial charge in [-0.05, 0) is 50.0 Å². The Balaban J connectivity index is 2.27. The maximum Gasteiger partial charge on any atom is 0.529 e. The van der Waals surface area contributed by atoms with E-state index in [0.717, 1.165) is 18.6 Å². The molecule has 0 saturated heterocycles. The maximum absolute atomic E-state index is 5.88. The second kappa shape index (κ2) is 20.8. The molecule has 0 spiro atoms. The average Bonchev–Trinajstić information content (AvgIpc) is 2.77. The predicted octanol–water partition coefficient (Wildman–Crippen LogP) is 9.85. The van der Waals surface area contributed by atoms with Crippen LogP contribution in [-0.2, 0) is 9.05 Å². The third kappa shape index (κ3) is 16.3. The summed E-state index contributed by atoms with van der Waals surface area (Å²) in [6.07, 6.45) is 25.4. The minimum Gasteiger partial charge on any atom is -0.417 e. The first-order valence-corrected chi connectivity index (χ1v) is 13.1. The normalized spacial score (nSPS) is 12.5. The smallest absolute Gasteiger partial charge is 0.417 e. The zero-order chi connectivity index (χ0) is 21.5. The zero-order valence-electron chi connectivity index (χ0n) is 19.3. The Bertz CT molecular complexity index is 502. The Morgan fingerprint density at radius 3 is 1.60 bits per heavy atom. The Kier molecular flexibility index (Phi) is 18.4. The summed E-state index contributed by atoms with van der Waals surface area (Å²) >= 11 is 0. The number of para-hydroxylation sites is 1. The van der Waals surface area contributed by atoms with E-state index >= 15 is 0 Å². The molecule has 0 fully saturated rings. The molecule has 30 heavy (non-hydrogen) atoms. The number of benzene rings is 1. The summed E-state index contributed by atoms with van der Waals surface area (Å²) in [6, 6.07) is 9.71. The van der Waals surface area contributed by atoms with Crippen molar-refractivity contribution in [3.63, 3.8) is 0 Å². The first kappa shape index (κ1) is 26.6. The lowest BCUT2D eigenvalue weighted by molar-refractivity contribution is 0.327. The average molecular weight is 435 g/mol. The van der Waals surface area contributed by atoms with Crippen molar-refractivity contribution in [2.75, 3.05) is 0 Å². The van der Waals surface area contributed by atoms with Gasteiger partial charge in [0.15, 0.2) is 0 Å². The van der Waals surface area contributed by atoms with Gasteiger partial charge in [0.05, 0.1) is 12.5 Å². The standard InChI is InChI=1S/C26H43O3P/c1-3-5-7-9-11-13-15-20-24-27-30(29-26-22-18-17-19-23-26)28-25-21-16-14-12-10-8-6-4-2/h17-25H,3-16H2,1-2H3. The molecule has 1 aromatic rings. The summed E-state index contributed by atoms with van der Waals surface area (Å²) in [4.78, 5) is 0. The Hall–Kier alpha value is -1.47. The fourth-order valence-corrected chi connectivity index (χ4v) is 3.84. The first-order chi connectivity index (χ1) is 14.9. The molecule has 0 N–H and O–H groups in total. The van der Waals surface area contributed by atoms with E-state index < -0.39 is 8.60 Å². The third-order valence-corrected chi connectivity index (χ3v) is 5.81. The SMILES string of the molecule is CCCCCCCCC=COP(OC=CCCCCCCCC)Oc1ccccc1. The molecule has 0 aromatic heterocycles. The molecule has 0 amide bonds. The van der Waals surface area contributed by atoms with Gasteiger partial charge in [-0.3, -0.25) is 0 Å². The fourth-order valence-electron chi connectivity index (χ4n) is 3.04. The monoisotopic (exact) mass is 434 g/mol. The summed E-state index contributed by atoms with van der Waals surface area (Å²) in [7, 11) is -1.48. The molecular formula is C26H43O3P. The van der Waals surface area contributed by atoms with E-state index in [0.29, 0.717) is 0 Å². The molecule has 4 heteroatoms. The molecule has 0 aliphatic carbocycles. The minimum absolute atomic E-state index is 0.761.